The summed E-state index contributed by atoms with van der Waals surface area (Å²) < 4.78 is 0. The predicted octanol–water partition coefficient (Wildman–Crippen LogP) is 3.12. The lowest BCUT2D eigenvalue weighted by Gasteiger charge is -2.39. The zero-order valence-electron chi connectivity index (χ0n) is 12.4. The molecule has 4 atom stereocenters. The van der Waals surface area contributed by atoms with Crippen LogP contribution in [0.15, 0.2) is 0 Å². The first kappa shape index (κ1) is 15.0. The van der Waals surface area contributed by atoms with Crippen LogP contribution in [0.25, 0.3) is 0 Å². The molecule has 1 aliphatic carbocycles. The Bertz CT molecular complexity index is 215. The van der Waals surface area contributed by atoms with Crippen LogP contribution in [-0.4, -0.2) is 30.6 Å². The van der Waals surface area contributed by atoms with Gasteiger partial charge in [0.1, 0.15) is 0 Å². The molecule has 0 aromatic carbocycles. The smallest absolute Gasteiger partial charge is 0.0118 e. The van der Waals surface area contributed by atoms with Crippen LogP contribution in [0.1, 0.15) is 53.4 Å². The lowest BCUT2D eigenvalue weighted by molar-refractivity contribution is 0.112. The van der Waals surface area contributed by atoms with Crippen molar-refractivity contribution in [2.45, 2.75) is 65.5 Å². The van der Waals surface area contributed by atoms with Crippen molar-refractivity contribution in [2.75, 3.05) is 13.6 Å². The van der Waals surface area contributed by atoms with Crippen LogP contribution < -0.4 is 5.73 Å². The number of nitrogens with zero attached hydrogens (tertiary/aromatic N) is 1. The van der Waals surface area contributed by atoms with Gasteiger partial charge in [0.2, 0.25) is 0 Å². The van der Waals surface area contributed by atoms with Crippen LogP contribution >= 0.6 is 0 Å². The van der Waals surface area contributed by atoms with Gasteiger partial charge in [-0.25, -0.2) is 0 Å². The quantitative estimate of drug-likeness (QED) is 0.800. The summed E-state index contributed by atoms with van der Waals surface area (Å²) in [5.74, 6) is 2.37. The van der Waals surface area contributed by atoms with E-state index in [2.05, 4.69) is 39.6 Å². The van der Waals surface area contributed by atoms with E-state index in [1.54, 1.807) is 0 Å². The lowest BCUT2D eigenvalue weighted by Crippen LogP contribution is -2.42. The molecular weight excluding hydrogens is 208 g/mol. The molecule has 0 spiro atoms. The summed E-state index contributed by atoms with van der Waals surface area (Å²) in [4.78, 5) is 2.55. The highest BCUT2D eigenvalue weighted by molar-refractivity contribution is 4.82. The molecule has 1 fully saturated rings. The second-order valence-corrected chi connectivity index (χ2v) is 6.64. The summed E-state index contributed by atoms with van der Waals surface area (Å²) in [5, 5.41) is 0. The average molecular weight is 240 g/mol. The molecule has 2 heteroatoms. The first-order valence-corrected chi connectivity index (χ1v) is 7.37. The largest absolute Gasteiger partial charge is 0.327 e. The second kappa shape index (κ2) is 6.75. The number of hydrogen-bond donors (Lipinski definition) is 1. The molecule has 2 N–H and O–H groups in total. The van der Waals surface area contributed by atoms with E-state index >= 15 is 0 Å². The van der Waals surface area contributed by atoms with Gasteiger partial charge >= 0.3 is 0 Å². The topological polar surface area (TPSA) is 29.3 Å². The normalized spacial score (nSPS) is 32.1. The summed E-state index contributed by atoms with van der Waals surface area (Å²) in [6.45, 7) is 10.4. The Hall–Kier alpha value is -0.0800. The molecule has 102 valence electrons. The molecule has 0 aromatic heterocycles. The van der Waals surface area contributed by atoms with Crippen LogP contribution in [0.5, 0.6) is 0 Å². The van der Waals surface area contributed by atoms with E-state index in [-0.39, 0.29) is 0 Å². The molecule has 0 amide bonds. The molecule has 0 bridgehead atoms. The van der Waals surface area contributed by atoms with Gasteiger partial charge in [-0.05, 0) is 57.0 Å². The van der Waals surface area contributed by atoms with Gasteiger partial charge < -0.3 is 10.6 Å². The number of rotatable bonds is 5. The molecule has 0 aliphatic heterocycles. The molecule has 0 heterocycles. The Morgan fingerprint density at radius 2 is 1.88 bits per heavy atom. The lowest BCUT2D eigenvalue weighted by atomic mass is 9.79. The highest BCUT2D eigenvalue weighted by Gasteiger charge is 2.28. The third-order valence-electron chi connectivity index (χ3n) is 4.62. The Labute approximate surface area is 108 Å². The molecule has 1 rings (SSSR count). The molecule has 0 aromatic rings. The van der Waals surface area contributed by atoms with Crippen molar-refractivity contribution in [3.63, 3.8) is 0 Å². The molecule has 1 saturated carbocycles. The fraction of sp³-hybridized carbons (Fsp3) is 1.00. The zero-order chi connectivity index (χ0) is 13.0. The van der Waals surface area contributed by atoms with E-state index in [4.69, 9.17) is 5.73 Å². The SMILES string of the molecule is CC1CCC(N(C)CCC(N)C(C)C)C(C)C1. The fourth-order valence-corrected chi connectivity index (χ4v) is 3.16. The van der Waals surface area contributed by atoms with E-state index in [1.807, 2.05) is 0 Å². The number of hydrogen-bond acceptors (Lipinski definition) is 2. The molecular formula is C15H32N2. The first-order chi connectivity index (χ1) is 7.91. The third-order valence-corrected chi connectivity index (χ3v) is 4.62. The first-order valence-electron chi connectivity index (χ1n) is 7.37. The maximum atomic E-state index is 6.12. The van der Waals surface area contributed by atoms with E-state index in [0.29, 0.717) is 12.0 Å². The van der Waals surface area contributed by atoms with Gasteiger partial charge in [-0.1, -0.05) is 27.7 Å². The molecule has 2 nitrogen and oxygen atoms in total. The number of nitrogens with two attached hydrogens (primary N) is 1. The van der Waals surface area contributed by atoms with Gasteiger partial charge in [0.05, 0.1) is 0 Å². The maximum absolute atomic E-state index is 6.12. The van der Waals surface area contributed by atoms with Gasteiger partial charge in [-0.3, -0.25) is 0 Å². The van der Waals surface area contributed by atoms with Crippen LogP contribution in [-0.2, 0) is 0 Å². The van der Waals surface area contributed by atoms with E-state index in [0.717, 1.165) is 30.8 Å². The van der Waals surface area contributed by atoms with E-state index < -0.39 is 0 Å². The minimum Gasteiger partial charge on any atom is -0.327 e. The molecule has 1 aliphatic rings. The predicted molar refractivity (Wildman–Crippen MR) is 76.0 cm³/mol. The van der Waals surface area contributed by atoms with Crippen LogP contribution in [0, 0.1) is 17.8 Å². The summed E-state index contributed by atoms with van der Waals surface area (Å²) in [6.07, 6.45) is 5.30. The monoisotopic (exact) mass is 240 g/mol. The molecule has 0 radical (unpaired) electrons. The third kappa shape index (κ3) is 4.59. The standard InChI is InChI=1S/C15H32N2/c1-11(2)14(16)8-9-17(5)15-7-6-12(3)10-13(15)4/h11-15H,6-10,16H2,1-5H3. The Morgan fingerprint density at radius 3 is 2.41 bits per heavy atom. The second-order valence-electron chi connectivity index (χ2n) is 6.64. The van der Waals surface area contributed by atoms with Gasteiger partial charge in [0.25, 0.3) is 0 Å². The van der Waals surface area contributed by atoms with Crippen LogP contribution in [0.3, 0.4) is 0 Å². The van der Waals surface area contributed by atoms with E-state index in [9.17, 15) is 0 Å². The van der Waals surface area contributed by atoms with Crippen molar-refractivity contribution >= 4 is 0 Å². The summed E-state index contributed by atoms with van der Waals surface area (Å²) in [5.41, 5.74) is 6.12. The van der Waals surface area contributed by atoms with Gasteiger partial charge in [0, 0.05) is 12.1 Å². The highest BCUT2D eigenvalue weighted by atomic mass is 15.1. The highest BCUT2D eigenvalue weighted by Crippen LogP contribution is 2.31. The summed E-state index contributed by atoms with van der Waals surface area (Å²) >= 11 is 0. The maximum Gasteiger partial charge on any atom is 0.0118 e. The molecule has 17 heavy (non-hydrogen) atoms. The van der Waals surface area contributed by atoms with E-state index in [1.165, 1.54) is 19.3 Å². The minimum absolute atomic E-state index is 0.357. The zero-order valence-corrected chi connectivity index (χ0v) is 12.4. The van der Waals surface area contributed by atoms with Crippen LogP contribution in [0.2, 0.25) is 0 Å². The van der Waals surface area contributed by atoms with Crippen molar-refractivity contribution in [2.24, 2.45) is 23.5 Å². The summed E-state index contributed by atoms with van der Waals surface area (Å²) in [7, 11) is 2.28. The van der Waals surface area contributed by atoms with Crippen molar-refractivity contribution in [3.8, 4) is 0 Å². The molecule has 0 saturated heterocycles. The Balaban J connectivity index is 2.34. The fourth-order valence-electron chi connectivity index (χ4n) is 3.16. The van der Waals surface area contributed by atoms with Gasteiger partial charge in [-0.2, -0.15) is 0 Å². The van der Waals surface area contributed by atoms with Crippen molar-refractivity contribution < 1.29 is 0 Å². The van der Waals surface area contributed by atoms with Crippen molar-refractivity contribution in [1.29, 1.82) is 0 Å². The van der Waals surface area contributed by atoms with Gasteiger partial charge in [0.15, 0.2) is 0 Å². The van der Waals surface area contributed by atoms with Crippen molar-refractivity contribution in [3.05, 3.63) is 0 Å². The van der Waals surface area contributed by atoms with Crippen LogP contribution in [0.4, 0.5) is 0 Å². The average Bonchev–Trinajstić information content (AvgIpc) is 2.25. The minimum atomic E-state index is 0.357. The van der Waals surface area contributed by atoms with Gasteiger partial charge in [-0.15, -0.1) is 0 Å². The Kier molecular flexibility index (Phi) is 5.94. The summed E-state index contributed by atoms with van der Waals surface area (Å²) in [6, 6.07) is 1.14. The Morgan fingerprint density at radius 1 is 1.24 bits per heavy atom. The van der Waals surface area contributed by atoms with Crippen molar-refractivity contribution in [1.82, 2.24) is 4.90 Å². The molecule has 4 unspecified atom stereocenters.